The van der Waals surface area contributed by atoms with Gasteiger partial charge in [-0.15, -0.1) is 0 Å². The normalized spacial score (nSPS) is 35.5. The molecular formula is C16H28N2O. The van der Waals surface area contributed by atoms with Crippen LogP contribution in [0.3, 0.4) is 0 Å². The quantitative estimate of drug-likeness (QED) is 0.827. The van der Waals surface area contributed by atoms with Crippen molar-refractivity contribution in [2.45, 2.75) is 58.4 Å². The second-order valence-corrected chi connectivity index (χ2v) is 7.22. The van der Waals surface area contributed by atoms with Crippen LogP contribution >= 0.6 is 0 Å². The fraction of sp³-hybridized carbons (Fsp3) is 0.938. The number of rotatable bonds is 5. The van der Waals surface area contributed by atoms with Crippen molar-refractivity contribution in [1.82, 2.24) is 10.2 Å². The van der Waals surface area contributed by atoms with E-state index in [2.05, 4.69) is 24.1 Å². The molecule has 1 N–H and O–H groups in total. The van der Waals surface area contributed by atoms with E-state index in [0.717, 1.165) is 44.7 Å². The second kappa shape index (κ2) is 5.08. The van der Waals surface area contributed by atoms with Gasteiger partial charge in [0, 0.05) is 25.0 Å². The van der Waals surface area contributed by atoms with Gasteiger partial charge in [-0.2, -0.15) is 0 Å². The van der Waals surface area contributed by atoms with E-state index < -0.39 is 0 Å². The summed E-state index contributed by atoms with van der Waals surface area (Å²) in [5, 5.41) is 3.68. The molecule has 1 heterocycles. The SMILES string of the molecule is CCC1(C)CC1C(=O)N1CCC(NCC2CC2)CC1. The molecule has 3 nitrogen and oxygen atoms in total. The number of nitrogens with zero attached hydrogens (tertiary/aromatic N) is 1. The molecule has 1 aliphatic heterocycles. The molecule has 3 rings (SSSR count). The third-order valence-electron chi connectivity index (χ3n) is 5.66. The fourth-order valence-corrected chi connectivity index (χ4v) is 3.36. The van der Waals surface area contributed by atoms with Crippen LogP contribution in [0.1, 0.15) is 52.4 Å². The molecule has 1 amide bonds. The van der Waals surface area contributed by atoms with E-state index in [4.69, 9.17) is 0 Å². The van der Waals surface area contributed by atoms with Gasteiger partial charge in [0.25, 0.3) is 0 Å². The monoisotopic (exact) mass is 264 g/mol. The molecule has 0 aromatic heterocycles. The second-order valence-electron chi connectivity index (χ2n) is 7.22. The van der Waals surface area contributed by atoms with Crippen molar-refractivity contribution in [3.8, 4) is 0 Å². The Balaban J connectivity index is 1.41. The molecule has 1 saturated heterocycles. The van der Waals surface area contributed by atoms with Gasteiger partial charge in [0.05, 0.1) is 0 Å². The largest absolute Gasteiger partial charge is 0.342 e. The molecule has 19 heavy (non-hydrogen) atoms. The molecule has 2 atom stereocenters. The molecule has 0 spiro atoms. The maximum atomic E-state index is 12.4. The Morgan fingerprint density at radius 2 is 1.95 bits per heavy atom. The standard InChI is InChI=1S/C16H28N2O/c1-3-16(2)10-14(16)15(19)18-8-6-13(7-9-18)17-11-12-4-5-12/h12-14,17H,3-11H2,1-2H3. The summed E-state index contributed by atoms with van der Waals surface area (Å²) in [6.45, 7) is 7.62. The van der Waals surface area contributed by atoms with E-state index >= 15 is 0 Å². The van der Waals surface area contributed by atoms with E-state index in [1.165, 1.54) is 19.4 Å². The number of likely N-dealkylation sites (tertiary alicyclic amines) is 1. The highest BCUT2D eigenvalue weighted by molar-refractivity contribution is 5.82. The van der Waals surface area contributed by atoms with Crippen LogP contribution in [0.2, 0.25) is 0 Å². The van der Waals surface area contributed by atoms with E-state index in [1.54, 1.807) is 0 Å². The van der Waals surface area contributed by atoms with Crippen molar-refractivity contribution in [3.05, 3.63) is 0 Å². The van der Waals surface area contributed by atoms with E-state index in [0.29, 0.717) is 23.3 Å². The Morgan fingerprint density at radius 1 is 1.26 bits per heavy atom. The van der Waals surface area contributed by atoms with Gasteiger partial charge in [0.2, 0.25) is 5.91 Å². The smallest absolute Gasteiger partial charge is 0.226 e. The van der Waals surface area contributed by atoms with Crippen LogP contribution < -0.4 is 5.32 Å². The van der Waals surface area contributed by atoms with E-state index in [-0.39, 0.29) is 0 Å². The molecule has 2 saturated carbocycles. The summed E-state index contributed by atoms with van der Waals surface area (Å²) >= 11 is 0. The van der Waals surface area contributed by atoms with Crippen molar-refractivity contribution in [1.29, 1.82) is 0 Å². The summed E-state index contributed by atoms with van der Waals surface area (Å²) in [5.74, 6) is 1.72. The van der Waals surface area contributed by atoms with Gasteiger partial charge in [-0.05, 0) is 56.4 Å². The first-order valence-electron chi connectivity index (χ1n) is 8.14. The maximum absolute atomic E-state index is 12.4. The van der Waals surface area contributed by atoms with Gasteiger partial charge in [-0.3, -0.25) is 4.79 Å². The molecular weight excluding hydrogens is 236 g/mol. The Labute approximate surface area is 117 Å². The Morgan fingerprint density at radius 3 is 2.47 bits per heavy atom. The van der Waals surface area contributed by atoms with Gasteiger partial charge in [-0.25, -0.2) is 0 Å². The zero-order valence-corrected chi connectivity index (χ0v) is 12.5. The average Bonchev–Trinajstić information content (AvgIpc) is 3.33. The van der Waals surface area contributed by atoms with Crippen molar-refractivity contribution in [2.24, 2.45) is 17.3 Å². The fourth-order valence-electron chi connectivity index (χ4n) is 3.36. The highest BCUT2D eigenvalue weighted by Crippen LogP contribution is 2.55. The van der Waals surface area contributed by atoms with Crippen molar-refractivity contribution >= 4 is 5.91 Å². The van der Waals surface area contributed by atoms with Crippen LogP contribution in [0.25, 0.3) is 0 Å². The molecule has 0 radical (unpaired) electrons. The van der Waals surface area contributed by atoms with Gasteiger partial charge in [-0.1, -0.05) is 13.8 Å². The molecule has 3 aliphatic rings. The van der Waals surface area contributed by atoms with Gasteiger partial charge < -0.3 is 10.2 Å². The van der Waals surface area contributed by atoms with Crippen LogP contribution in [-0.4, -0.2) is 36.5 Å². The van der Waals surface area contributed by atoms with Crippen LogP contribution in [-0.2, 0) is 4.79 Å². The lowest BCUT2D eigenvalue weighted by Gasteiger charge is -2.33. The topological polar surface area (TPSA) is 32.3 Å². The molecule has 0 aromatic carbocycles. The first-order valence-corrected chi connectivity index (χ1v) is 8.14. The van der Waals surface area contributed by atoms with Crippen LogP contribution in [0.4, 0.5) is 0 Å². The molecule has 3 heteroatoms. The maximum Gasteiger partial charge on any atom is 0.226 e. The number of hydrogen-bond donors (Lipinski definition) is 1. The molecule has 2 aliphatic carbocycles. The summed E-state index contributed by atoms with van der Waals surface area (Å²) in [7, 11) is 0. The Kier molecular flexibility index (Phi) is 3.59. The van der Waals surface area contributed by atoms with Gasteiger partial charge in [0.1, 0.15) is 0 Å². The molecule has 0 aromatic rings. The van der Waals surface area contributed by atoms with Crippen LogP contribution in [0.5, 0.6) is 0 Å². The first kappa shape index (κ1) is 13.4. The number of amides is 1. The molecule has 108 valence electrons. The summed E-state index contributed by atoms with van der Waals surface area (Å²) in [6, 6.07) is 0.654. The summed E-state index contributed by atoms with van der Waals surface area (Å²) in [6.07, 6.45) is 7.39. The number of piperidine rings is 1. The van der Waals surface area contributed by atoms with Crippen molar-refractivity contribution in [2.75, 3.05) is 19.6 Å². The average molecular weight is 264 g/mol. The Bertz CT molecular complexity index is 345. The third kappa shape index (κ3) is 2.96. The molecule has 2 unspecified atom stereocenters. The van der Waals surface area contributed by atoms with Crippen molar-refractivity contribution < 1.29 is 4.79 Å². The Hall–Kier alpha value is -0.570. The lowest BCUT2D eigenvalue weighted by Crippen LogP contribution is -2.46. The zero-order chi connectivity index (χ0) is 13.5. The first-order chi connectivity index (χ1) is 9.12. The number of hydrogen-bond acceptors (Lipinski definition) is 2. The molecule has 0 bridgehead atoms. The van der Waals surface area contributed by atoms with Crippen LogP contribution in [0, 0.1) is 17.3 Å². The number of carbonyl (C=O) groups is 1. The highest BCUT2D eigenvalue weighted by atomic mass is 16.2. The minimum absolute atomic E-state index is 0.318. The summed E-state index contributed by atoms with van der Waals surface area (Å²) in [5.41, 5.74) is 0.318. The van der Waals surface area contributed by atoms with E-state index in [9.17, 15) is 4.79 Å². The van der Waals surface area contributed by atoms with Gasteiger partial charge in [0.15, 0.2) is 0 Å². The predicted molar refractivity (Wildman–Crippen MR) is 76.8 cm³/mol. The van der Waals surface area contributed by atoms with Gasteiger partial charge >= 0.3 is 0 Å². The third-order valence-corrected chi connectivity index (χ3v) is 5.66. The minimum Gasteiger partial charge on any atom is -0.342 e. The summed E-state index contributed by atoms with van der Waals surface area (Å²) in [4.78, 5) is 14.5. The lowest BCUT2D eigenvalue weighted by atomic mass is 10.0. The predicted octanol–water partition coefficient (Wildman–Crippen LogP) is 2.41. The van der Waals surface area contributed by atoms with Crippen LogP contribution in [0.15, 0.2) is 0 Å². The summed E-state index contributed by atoms with van der Waals surface area (Å²) < 4.78 is 0. The zero-order valence-electron chi connectivity index (χ0n) is 12.5. The number of carbonyl (C=O) groups excluding carboxylic acids is 1. The number of nitrogens with one attached hydrogen (secondary N) is 1. The highest BCUT2D eigenvalue weighted by Gasteiger charge is 2.54. The lowest BCUT2D eigenvalue weighted by molar-refractivity contribution is -0.134. The minimum atomic E-state index is 0.318. The van der Waals surface area contributed by atoms with E-state index in [1.807, 2.05) is 0 Å². The molecule has 3 fully saturated rings. The van der Waals surface area contributed by atoms with Crippen molar-refractivity contribution in [3.63, 3.8) is 0 Å².